The lowest BCUT2D eigenvalue weighted by molar-refractivity contribution is 0.0953. The first-order valence-corrected chi connectivity index (χ1v) is 8.59. The summed E-state index contributed by atoms with van der Waals surface area (Å²) in [5.74, 6) is -0.108. The van der Waals surface area contributed by atoms with Crippen LogP contribution in [0.2, 0.25) is 0 Å². The molecule has 22 heavy (non-hydrogen) atoms. The Bertz CT molecular complexity index is 559. The molecule has 0 saturated carbocycles. The van der Waals surface area contributed by atoms with Crippen molar-refractivity contribution in [3.63, 3.8) is 0 Å². The minimum atomic E-state index is -3.21. The topological polar surface area (TPSA) is 101 Å². The third-order valence-electron chi connectivity index (χ3n) is 2.98. The molecule has 0 saturated heterocycles. The Hall–Kier alpha value is -1.15. The summed E-state index contributed by atoms with van der Waals surface area (Å²) in [6.07, 6.45) is 0.725. The second kappa shape index (κ2) is 9.78. The van der Waals surface area contributed by atoms with Gasteiger partial charge in [-0.1, -0.05) is 12.1 Å². The van der Waals surface area contributed by atoms with E-state index in [1.807, 2.05) is 6.92 Å². The Morgan fingerprint density at radius 2 is 1.86 bits per heavy atom. The van der Waals surface area contributed by atoms with Gasteiger partial charge in [0.15, 0.2) is 0 Å². The molecule has 0 fully saturated rings. The summed E-state index contributed by atoms with van der Waals surface area (Å²) in [5.41, 5.74) is 6.96. The molecule has 6 nitrogen and oxygen atoms in total. The zero-order chi connectivity index (χ0) is 15.9. The molecule has 0 aliphatic rings. The molecule has 8 heteroatoms. The SMILES string of the molecule is CCS(=O)(=O)NCc1ccc(C(=O)NCCC(C)N)cc1.Cl. The van der Waals surface area contributed by atoms with Crippen molar-refractivity contribution in [3.8, 4) is 0 Å². The third kappa shape index (κ3) is 7.74. The average Bonchev–Trinajstić information content (AvgIpc) is 2.45. The van der Waals surface area contributed by atoms with E-state index in [1.54, 1.807) is 31.2 Å². The molecule has 1 aromatic rings. The number of carbonyl (C=O) groups excluding carboxylic acids is 1. The minimum Gasteiger partial charge on any atom is -0.352 e. The smallest absolute Gasteiger partial charge is 0.251 e. The lowest BCUT2D eigenvalue weighted by atomic mass is 10.1. The molecule has 1 amide bonds. The lowest BCUT2D eigenvalue weighted by Crippen LogP contribution is -2.29. The Balaban J connectivity index is 0.00000441. The van der Waals surface area contributed by atoms with Crippen LogP contribution >= 0.6 is 12.4 Å². The molecular weight excluding hydrogens is 326 g/mol. The van der Waals surface area contributed by atoms with Gasteiger partial charge in [0.05, 0.1) is 5.75 Å². The molecule has 0 radical (unpaired) electrons. The molecule has 1 aromatic carbocycles. The number of amides is 1. The van der Waals surface area contributed by atoms with E-state index < -0.39 is 10.0 Å². The molecule has 0 aliphatic heterocycles. The maximum Gasteiger partial charge on any atom is 0.251 e. The van der Waals surface area contributed by atoms with Crippen LogP contribution in [0, 0.1) is 0 Å². The van der Waals surface area contributed by atoms with Crippen LogP contribution in [-0.4, -0.2) is 32.7 Å². The van der Waals surface area contributed by atoms with Crippen molar-refractivity contribution in [1.29, 1.82) is 0 Å². The summed E-state index contributed by atoms with van der Waals surface area (Å²) in [7, 11) is -3.21. The predicted octanol–water partition coefficient (Wildman–Crippen LogP) is 1.01. The van der Waals surface area contributed by atoms with E-state index in [4.69, 9.17) is 5.73 Å². The average molecular weight is 350 g/mol. The highest BCUT2D eigenvalue weighted by Gasteiger charge is 2.08. The van der Waals surface area contributed by atoms with E-state index in [1.165, 1.54) is 0 Å². The fourth-order valence-corrected chi connectivity index (χ4v) is 2.18. The Labute approximate surface area is 138 Å². The summed E-state index contributed by atoms with van der Waals surface area (Å²) in [4.78, 5) is 11.8. The van der Waals surface area contributed by atoms with Crippen LogP contribution < -0.4 is 15.8 Å². The van der Waals surface area contributed by atoms with Crippen molar-refractivity contribution in [2.75, 3.05) is 12.3 Å². The molecule has 1 atom stereocenters. The number of sulfonamides is 1. The highest BCUT2D eigenvalue weighted by molar-refractivity contribution is 7.89. The van der Waals surface area contributed by atoms with Gasteiger partial charge in [0, 0.05) is 24.7 Å². The number of hydrogen-bond donors (Lipinski definition) is 3. The quantitative estimate of drug-likeness (QED) is 0.652. The zero-order valence-corrected chi connectivity index (χ0v) is 14.5. The van der Waals surface area contributed by atoms with Crippen LogP contribution in [0.3, 0.4) is 0 Å². The fraction of sp³-hybridized carbons (Fsp3) is 0.500. The highest BCUT2D eigenvalue weighted by Crippen LogP contribution is 2.05. The van der Waals surface area contributed by atoms with Crippen molar-refractivity contribution in [1.82, 2.24) is 10.0 Å². The van der Waals surface area contributed by atoms with Gasteiger partial charge >= 0.3 is 0 Å². The molecule has 0 aliphatic carbocycles. The van der Waals surface area contributed by atoms with Crippen molar-refractivity contribution in [3.05, 3.63) is 35.4 Å². The van der Waals surface area contributed by atoms with E-state index in [9.17, 15) is 13.2 Å². The van der Waals surface area contributed by atoms with Crippen LogP contribution in [0.1, 0.15) is 36.2 Å². The van der Waals surface area contributed by atoms with Crippen LogP contribution in [0.15, 0.2) is 24.3 Å². The molecule has 0 spiro atoms. The van der Waals surface area contributed by atoms with Crippen LogP contribution in [0.4, 0.5) is 0 Å². The first kappa shape index (κ1) is 20.9. The fourth-order valence-electron chi connectivity index (χ4n) is 1.58. The van der Waals surface area contributed by atoms with Gasteiger partial charge in [-0.2, -0.15) is 0 Å². The lowest BCUT2D eigenvalue weighted by Gasteiger charge is -2.08. The third-order valence-corrected chi connectivity index (χ3v) is 4.32. The molecule has 1 rings (SSSR count). The second-order valence-corrected chi connectivity index (χ2v) is 7.04. The number of nitrogens with one attached hydrogen (secondary N) is 2. The van der Waals surface area contributed by atoms with Crippen molar-refractivity contribution in [2.45, 2.75) is 32.9 Å². The summed E-state index contributed by atoms with van der Waals surface area (Å²) in [6, 6.07) is 6.88. The second-order valence-electron chi connectivity index (χ2n) is 4.94. The molecule has 1 unspecified atom stereocenters. The van der Waals surface area contributed by atoms with Gasteiger partial charge in [0.1, 0.15) is 0 Å². The number of rotatable bonds is 8. The minimum absolute atomic E-state index is 0. The number of carbonyl (C=O) groups is 1. The maximum atomic E-state index is 11.8. The molecular formula is C14H24ClN3O3S. The summed E-state index contributed by atoms with van der Waals surface area (Å²) < 4.78 is 25.1. The van der Waals surface area contributed by atoms with Crippen LogP contribution in [0.25, 0.3) is 0 Å². The van der Waals surface area contributed by atoms with Gasteiger partial charge in [-0.15, -0.1) is 12.4 Å². The summed E-state index contributed by atoms with van der Waals surface area (Å²) >= 11 is 0. The van der Waals surface area contributed by atoms with Gasteiger partial charge < -0.3 is 11.1 Å². The van der Waals surface area contributed by atoms with Gasteiger partial charge in [-0.05, 0) is 38.0 Å². The standard InChI is InChI=1S/C14H23N3O3S.ClH/c1-3-21(19,20)17-10-12-4-6-13(7-5-12)14(18)16-9-8-11(2)15;/h4-7,11,17H,3,8-10,15H2,1-2H3,(H,16,18);1H. The first-order chi connectivity index (χ1) is 9.84. The van der Waals surface area contributed by atoms with Gasteiger partial charge in [0.2, 0.25) is 10.0 Å². The molecule has 0 bridgehead atoms. The van der Waals surface area contributed by atoms with Crippen molar-refractivity contribution < 1.29 is 13.2 Å². The van der Waals surface area contributed by atoms with E-state index in [2.05, 4.69) is 10.0 Å². The maximum absolute atomic E-state index is 11.8. The van der Waals surface area contributed by atoms with E-state index in [0.717, 1.165) is 12.0 Å². The Morgan fingerprint density at radius 3 is 2.36 bits per heavy atom. The predicted molar refractivity (Wildman–Crippen MR) is 90.6 cm³/mol. The van der Waals surface area contributed by atoms with Gasteiger partial charge in [0.25, 0.3) is 5.91 Å². The number of nitrogens with two attached hydrogens (primary N) is 1. The van der Waals surface area contributed by atoms with Gasteiger partial charge in [-0.3, -0.25) is 4.79 Å². The normalized spacial score (nSPS) is 12.3. The van der Waals surface area contributed by atoms with E-state index >= 15 is 0 Å². The largest absolute Gasteiger partial charge is 0.352 e. The van der Waals surface area contributed by atoms with Crippen molar-refractivity contribution >= 4 is 28.3 Å². The number of halogens is 1. The van der Waals surface area contributed by atoms with Crippen LogP contribution in [-0.2, 0) is 16.6 Å². The van der Waals surface area contributed by atoms with Crippen LogP contribution in [0.5, 0.6) is 0 Å². The summed E-state index contributed by atoms with van der Waals surface area (Å²) in [5, 5.41) is 2.78. The van der Waals surface area contributed by atoms with Gasteiger partial charge in [-0.25, -0.2) is 13.1 Å². The monoisotopic (exact) mass is 349 g/mol. The highest BCUT2D eigenvalue weighted by atomic mass is 35.5. The number of benzene rings is 1. The molecule has 0 heterocycles. The van der Waals surface area contributed by atoms with Crippen molar-refractivity contribution in [2.24, 2.45) is 5.73 Å². The zero-order valence-electron chi connectivity index (χ0n) is 12.8. The molecule has 126 valence electrons. The van der Waals surface area contributed by atoms with E-state index in [0.29, 0.717) is 12.1 Å². The summed E-state index contributed by atoms with van der Waals surface area (Å²) in [6.45, 7) is 4.23. The molecule has 4 N–H and O–H groups in total. The molecule has 0 aromatic heterocycles. The van der Waals surface area contributed by atoms with E-state index in [-0.39, 0.29) is 36.7 Å². The Morgan fingerprint density at radius 1 is 1.27 bits per heavy atom. The first-order valence-electron chi connectivity index (χ1n) is 6.94. The Kier molecular flexibility index (Phi) is 9.27. The number of hydrogen-bond acceptors (Lipinski definition) is 4.